The first-order chi connectivity index (χ1) is 9.91. The second kappa shape index (κ2) is 7.13. The van der Waals surface area contributed by atoms with Crippen molar-refractivity contribution in [1.29, 1.82) is 0 Å². The molecule has 0 aromatic rings. The predicted molar refractivity (Wildman–Crippen MR) is 87.8 cm³/mol. The molecule has 0 saturated heterocycles. The Bertz CT molecular complexity index is 328. The van der Waals surface area contributed by atoms with E-state index in [0.29, 0.717) is 12.3 Å². The van der Waals surface area contributed by atoms with Crippen LogP contribution in [-0.4, -0.2) is 19.0 Å². The van der Waals surface area contributed by atoms with Crippen LogP contribution in [0.15, 0.2) is 0 Å². The fourth-order valence-electron chi connectivity index (χ4n) is 3.60. The maximum absolute atomic E-state index is 12.1. The summed E-state index contributed by atoms with van der Waals surface area (Å²) in [6, 6.07) is 0. The van der Waals surface area contributed by atoms with Crippen LogP contribution in [0.3, 0.4) is 0 Å². The first kappa shape index (κ1) is 16.8. The third kappa shape index (κ3) is 5.61. The van der Waals surface area contributed by atoms with Crippen LogP contribution in [0.4, 0.5) is 0 Å². The van der Waals surface area contributed by atoms with Gasteiger partial charge in [0.15, 0.2) is 0 Å². The van der Waals surface area contributed by atoms with Crippen LogP contribution in [0, 0.1) is 29.1 Å². The average molecular weight is 294 g/mol. The van der Waals surface area contributed by atoms with Crippen molar-refractivity contribution in [3.8, 4) is 0 Å². The Morgan fingerprint density at radius 3 is 2.14 bits per heavy atom. The molecule has 0 spiro atoms. The number of hydrogen-bond donors (Lipinski definition) is 2. The van der Waals surface area contributed by atoms with E-state index in [4.69, 9.17) is 5.73 Å². The second-order valence-corrected chi connectivity index (χ2v) is 8.32. The molecule has 0 aromatic heterocycles. The molecule has 3 nitrogen and oxygen atoms in total. The van der Waals surface area contributed by atoms with Gasteiger partial charge >= 0.3 is 0 Å². The van der Waals surface area contributed by atoms with Gasteiger partial charge in [0.1, 0.15) is 0 Å². The van der Waals surface area contributed by atoms with Gasteiger partial charge in [0.25, 0.3) is 0 Å². The molecule has 2 saturated carbocycles. The molecule has 0 bridgehead atoms. The van der Waals surface area contributed by atoms with Crippen LogP contribution in [-0.2, 0) is 4.79 Å². The molecule has 2 rings (SSSR count). The van der Waals surface area contributed by atoms with Crippen molar-refractivity contribution in [2.24, 2.45) is 34.8 Å². The van der Waals surface area contributed by atoms with Gasteiger partial charge in [0.05, 0.1) is 0 Å². The van der Waals surface area contributed by atoms with Gasteiger partial charge in [-0.05, 0) is 74.2 Å². The van der Waals surface area contributed by atoms with E-state index in [2.05, 4.69) is 26.1 Å². The molecule has 2 aliphatic rings. The normalized spacial score (nSPS) is 20.6. The lowest BCUT2D eigenvalue weighted by molar-refractivity contribution is -0.121. The van der Waals surface area contributed by atoms with E-state index in [1.165, 1.54) is 25.7 Å². The van der Waals surface area contributed by atoms with Crippen molar-refractivity contribution >= 4 is 5.91 Å². The zero-order valence-corrected chi connectivity index (χ0v) is 14.2. The van der Waals surface area contributed by atoms with E-state index < -0.39 is 0 Å². The summed E-state index contributed by atoms with van der Waals surface area (Å²) in [7, 11) is 0. The van der Waals surface area contributed by atoms with Crippen molar-refractivity contribution in [2.45, 2.75) is 65.7 Å². The lowest BCUT2D eigenvalue weighted by atomic mass is 9.76. The molecule has 2 fully saturated rings. The molecule has 1 atom stereocenters. The number of carbonyl (C=O) groups is 1. The molecule has 0 heterocycles. The van der Waals surface area contributed by atoms with Gasteiger partial charge in [-0.3, -0.25) is 4.79 Å². The molecule has 0 aromatic carbocycles. The molecule has 122 valence electrons. The molecule has 0 radical (unpaired) electrons. The minimum atomic E-state index is 0.240. The number of amides is 1. The molecule has 0 aliphatic heterocycles. The third-order valence-electron chi connectivity index (χ3n) is 5.45. The standard InChI is InChI=1S/C18H34N2O/c1-18(2,3)15(10-11-19)8-9-17(21)20-12-16(13-4-5-13)14-6-7-14/h13-16H,4-12,19H2,1-3H3,(H,20,21). The van der Waals surface area contributed by atoms with Gasteiger partial charge < -0.3 is 11.1 Å². The Labute approximate surface area is 130 Å². The summed E-state index contributed by atoms with van der Waals surface area (Å²) in [5.74, 6) is 3.38. The molecule has 2 aliphatic carbocycles. The van der Waals surface area contributed by atoms with Gasteiger partial charge in [0.2, 0.25) is 5.91 Å². The fourth-order valence-corrected chi connectivity index (χ4v) is 3.60. The number of nitrogens with two attached hydrogens (primary N) is 1. The molecule has 3 N–H and O–H groups in total. The molecule has 1 amide bonds. The van der Waals surface area contributed by atoms with Crippen molar-refractivity contribution in [3.05, 3.63) is 0 Å². The van der Waals surface area contributed by atoms with Gasteiger partial charge in [-0.25, -0.2) is 0 Å². The van der Waals surface area contributed by atoms with Gasteiger partial charge in [-0.1, -0.05) is 20.8 Å². The average Bonchev–Trinajstić information content (AvgIpc) is 3.25. The maximum atomic E-state index is 12.1. The first-order valence-corrected chi connectivity index (χ1v) is 8.88. The highest BCUT2D eigenvalue weighted by Gasteiger charge is 2.41. The fraction of sp³-hybridized carbons (Fsp3) is 0.944. The van der Waals surface area contributed by atoms with Crippen LogP contribution in [0.1, 0.15) is 65.7 Å². The summed E-state index contributed by atoms with van der Waals surface area (Å²) in [5.41, 5.74) is 5.95. The highest BCUT2D eigenvalue weighted by atomic mass is 16.1. The van der Waals surface area contributed by atoms with Gasteiger partial charge in [0, 0.05) is 13.0 Å². The van der Waals surface area contributed by atoms with Gasteiger partial charge in [-0.15, -0.1) is 0 Å². The summed E-state index contributed by atoms with van der Waals surface area (Å²) in [5, 5.41) is 3.20. The van der Waals surface area contributed by atoms with E-state index in [1.54, 1.807) is 0 Å². The quantitative estimate of drug-likeness (QED) is 0.685. The number of carbonyl (C=O) groups excluding carboxylic acids is 1. The van der Waals surface area contributed by atoms with Crippen LogP contribution in [0.25, 0.3) is 0 Å². The molecular weight excluding hydrogens is 260 g/mol. The molecular formula is C18H34N2O. The van der Waals surface area contributed by atoms with Crippen molar-refractivity contribution in [2.75, 3.05) is 13.1 Å². The third-order valence-corrected chi connectivity index (χ3v) is 5.45. The Balaban J connectivity index is 1.68. The monoisotopic (exact) mass is 294 g/mol. The second-order valence-electron chi connectivity index (χ2n) is 8.32. The van der Waals surface area contributed by atoms with Crippen LogP contribution >= 0.6 is 0 Å². The minimum absolute atomic E-state index is 0.240. The number of nitrogens with one attached hydrogen (secondary N) is 1. The minimum Gasteiger partial charge on any atom is -0.356 e. The zero-order chi connectivity index (χ0) is 15.5. The van der Waals surface area contributed by atoms with Crippen LogP contribution in [0.2, 0.25) is 0 Å². The van der Waals surface area contributed by atoms with Crippen LogP contribution in [0.5, 0.6) is 0 Å². The lowest BCUT2D eigenvalue weighted by Crippen LogP contribution is -2.32. The topological polar surface area (TPSA) is 55.1 Å². The SMILES string of the molecule is CC(C)(C)C(CCN)CCC(=O)NCC(C1CC1)C1CC1. The largest absolute Gasteiger partial charge is 0.356 e. The molecule has 1 unspecified atom stereocenters. The Hall–Kier alpha value is -0.570. The summed E-state index contributed by atoms with van der Waals surface area (Å²) in [4.78, 5) is 12.1. The Morgan fingerprint density at radius 1 is 1.14 bits per heavy atom. The Morgan fingerprint density at radius 2 is 1.71 bits per heavy atom. The maximum Gasteiger partial charge on any atom is 0.220 e. The summed E-state index contributed by atoms with van der Waals surface area (Å²) in [6.07, 6.45) is 8.19. The van der Waals surface area contributed by atoms with Crippen LogP contribution < -0.4 is 11.1 Å². The highest BCUT2D eigenvalue weighted by Crippen LogP contribution is 2.48. The predicted octanol–water partition coefficient (Wildman–Crippen LogP) is 3.33. The molecule has 21 heavy (non-hydrogen) atoms. The zero-order valence-electron chi connectivity index (χ0n) is 14.2. The van der Waals surface area contributed by atoms with E-state index in [0.717, 1.165) is 43.7 Å². The van der Waals surface area contributed by atoms with E-state index in [-0.39, 0.29) is 11.3 Å². The Kier molecular flexibility index (Phi) is 5.70. The number of hydrogen-bond acceptors (Lipinski definition) is 2. The highest BCUT2D eigenvalue weighted by molar-refractivity contribution is 5.75. The molecule has 3 heteroatoms. The van der Waals surface area contributed by atoms with Crippen molar-refractivity contribution < 1.29 is 4.79 Å². The first-order valence-electron chi connectivity index (χ1n) is 8.88. The smallest absolute Gasteiger partial charge is 0.220 e. The van der Waals surface area contributed by atoms with Crippen molar-refractivity contribution in [3.63, 3.8) is 0 Å². The van der Waals surface area contributed by atoms with E-state index in [1.807, 2.05) is 0 Å². The summed E-state index contributed by atoms with van der Waals surface area (Å²) < 4.78 is 0. The summed E-state index contributed by atoms with van der Waals surface area (Å²) >= 11 is 0. The summed E-state index contributed by atoms with van der Waals surface area (Å²) in [6.45, 7) is 8.39. The van der Waals surface area contributed by atoms with Crippen molar-refractivity contribution in [1.82, 2.24) is 5.32 Å². The van der Waals surface area contributed by atoms with E-state index >= 15 is 0 Å². The number of rotatable bonds is 9. The van der Waals surface area contributed by atoms with E-state index in [9.17, 15) is 4.79 Å². The van der Waals surface area contributed by atoms with Gasteiger partial charge in [-0.2, -0.15) is 0 Å². The lowest BCUT2D eigenvalue weighted by Gasteiger charge is -2.30.